The summed E-state index contributed by atoms with van der Waals surface area (Å²) in [5.74, 6) is -0.138. The van der Waals surface area contributed by atoms with E-state index < -0.39 is 0 Å². The molecular weight excluding hydrogens is 144 g/mol. The second kappa shape index (κ2) is 4.34. The average Bonchev–Trinajstić information content (AvgIpc) is 2.52. The van der Waals surface area contributed by atoms with Crippen molar-refractivity contribution in [3.63, 3.8) is 0 Å². The van der Waals surface area contributed by atoms with Gasteiger partial charge in [0.2, 0.25) is 0 Å². The lowest BCUT2D eigenvalue weighted by Gasteiger charge is -2.08. The van der Waals surface area contributed by atoms with Crippen molar-refractivity contribution in [2.45, 2.75) is 32.3 Å². The summed E-state index contributed by atoms with van der Waals surface area (Å²) in [7, 11) is 0. The Morgan fingerprint density at radius 3 is 3.09 bits per heavy atom. The maximum absolute atomic E-state index is 10.7. The van der Waals surface area contributed by atoms with Gasteiger partial charge in [-0.05, 0) is 12.8 Å². The third-order valence-corrected chi connectivity index (χ3v) is 1.74. The summed E-state index contributed by atoms with van der Waals surface area (Å²) in [6.45, 7) is 3.04. The molecule has 0 saturated carbocycles. The number of ether oxygens (including phenoxy) is 2. The van der Waals surface area contributed by atoms with Crippen molar-refractivity contribution in [1.82, 2.24) is 0 Å². The van der Waals surface area contributed by atoms with E-state index in [0.29, 0.717) is 13.0 Å². The number of hydrogen-bond acceptors (Lipinski definition) is 3. The Balaban J connectivity index is 2.06. The van der Waals surface area contributed by atoms with Crippen LogP contribution in [0, 0.1) is 0 Å². The first-order valence-electron chi connectivity index (χ1n) is 4.10. The first-order chi connectivity index (χ1) is 5.33. The number of carbonyl (C=O) groups excluding carboxylic acids is 1. The van der Waals surface area contributed by atoms with Crippen LogP contribution in [0.15, 0.2) is 0 Å². The Morgan fingerprint density at radius 1 is 1.73 bits per heavy atom. The molecule has 0 aliphatic carbocycles. The number of carbonyl (C=O) groups is 1. The summed E-state index contributed by atoms with van der Waals surface area (Å²) >= 11 is 0. The van der Waals surface area contributed by atoms with Crippen LogP contribution < -0.4 is 0 Å². The molecule has 3 nitrogen and oxygen atoms in total. The summed E-state index contributed by atoms with van der Waals surface area (Å²) in [6.07, 6.45) is 2.73. The Morgan fingerprint density at radius 2 is 2.55 bits per heavy atom. The van der Waals surface area contributed by atoms with Gasteiger partial charge >= 0.3 is 5.97 Å². The van der Waals surface area contributed by atoms with Crippen molar-refractivity contribution < 1.29 is 14.3 Å². The predicted octanol–water partition coefficient (Wildman–Crippen LogP) is 1.12. The Labute approximate surface area is 66.7 Å². The SMILES string of the molecule is CCC(=O)OC[C@H]1CCCO1. The van der Waals surface area contributed by atoms with Gasteiger partial charge in [-0.2, -0.15) is 0 Å². The van der Waals surface area contributed by atoms with Crippen LogP contribution in [0.4, 0.5) is 0 Å². The molecule has 0 bridgehead atoms. The maximum Gasteiger partial charge on any atom is 0.305 e. The van der Waals surface area contributed by atoms with Crippen LogP contribution >= 0.6 is 0 Å². The molecule has 3 heteroatoms. The standard InChI is InChI=1S/C8H14O3/c1-2-8(9)11-6-7-4-3-5-10-7/h7H,2-6H2,1H3/t7-/m1/s1. The Kier molecular flexibility index (Phi) is 3.36. The molecule has 64 valence electrons. The van der Waals surface area contributed by atoms with E-state index in [1.54, 1.807) is 6.92 Å². The van der Waals surface area contributed by atoms with Crippen LogP contribution in [0.5, 0.6) is 0 Å². The molecule has 1 atom stereocenters. The Hall–Kier alpha value is -0.570. The van der Waals surface area contributed by atoms with Gasteiger partial charge in [0.05, 0.1) is 6.10 Å². The molecule has 0 unspecified atom stereocenters. The zero-order valence-corrected chi connectivity index (χ0v) is 6.84. The molecule has 0 aromatic heterocycles. The molecule has 0 radical (unpaired) electrons. The molecule has 0 spiro atoms. The third-order valence-electron chi connectivity index (χ3n) is 1.74. The fourth-order valence-corrected chi connectivity index (χ4v) is 1.06. The molecule has 1 rings (SSSR count). The quantitative estimate of drug-likeness (QED) is 0.577. The lowest BCUT2D eigenvalue weighted by molar-refractivity contribution is -0.146. The van der Waals surface area contributed by atoms with Gasteiger partial charge in [0.25, 0.3) is 0 Å². The molecule has 1 aliphatic heterocycles. The molecule has 0 aromatic rings. The van der Waals surface area contributed by atoms with Gasteiger partial charge in [0.1, 0.15) is 6.61 Å². The van der Waals surface area contributed by atoms with Gasteiger partial charge in [-0.25, -0.2) is 0 Å². The second-order valence-electron chi connectivity index (χ2n) is 2.67. The van der Waals surface area contributed by atoms with Crippen LogP contribution in [0.25, 0.3) is 0 Å². The van der Waals surface area contributed by atoms with Crippen molar-refractivity contribution in [2.75, 3.05) is 13.2 Å². The van der Waals surface area contributed by atoms with E-state index in [0.717, 1.165) is 19.4 Å². The van der Waals surface area contributed by atoms with Crippen LogP contribution in [0.1, 0.15) is 26.2 Å². The summed E-state index contributed by atoms with van der Waals surface area (Å²) in [5.41, 5.74) is 0. The fourth-order valence-electron chi connectivity index (χ4n) is 1.06. The second-order valence-corrected chi connectivity index (χ2v) is 2.67. The maximum atomic E-state index is 10.7. The van der Waals surface area contributed by atoms with E-state index in [2.05, 4.69) is 0 Å². The largest absolute Gasteiger partial charge is 0.463 e. The zero-order valence-electron chi connectivity index (χ0n) is 6.84. The highest BCUT2D eigenvalue weighted by Crippen LogP contribution is 2.11. The minimum absolute atomic E-state index is 0.138. The molecule has 11 heavy (non-hydrogen) atoms. The third kappa shape index (κ3) is 2.89. The van der Waals surface area contributed by atoms with Gasteiger partial charge in [0.15, 0.2) is 0 Å². The van der Waals surface area contributed by atoms with Gasteiger partial charge < -0.3 is 9.47 Å². The first-order valence-corrected chi connectivity index (χ1v) is 4.10. The van der Waals surface area contributed by atoms with E-state index in [9.17, 15) is 4.79 Å². The fraction of sp³-hybridized carbons (Fsp3) is 0.875. The molecule has 0 aromatic carbocycles. The minimum atomic E-state index is -0.138. The molecule has 1 aliphatic rings. The average molecular weight is 158 g/mol. The lowest BCUT2D eigenvalue weighted by Crippen LogP contribution is -2.17. The van der Waals surface area contributed by atoms with Crippen molar-refractivity contribution in [3.8, 4) is 0 Å². The van der Waals surface area contributed by atoms with Crippen LogP contribution in [0.2, 0.25) is 0 Å². The van der Waals surface area contributed by atoms with Crippen molar-refractivity contribution in [3.05, 3.63) is 0 Å². The lowest BCUT2D eigenvalue weighted by atomic mass is 10.2. The summed E-state index contributed by atoms with van der Waals surface area (Å²) in [5, 5.41) is 0. The summed E-state index contributed by atoms with van der Waals surface area (Å²) in [4.78, 5) is 10.7. The van der Waals surface area contributed by atoms with Crippen molar-refractivity contribution in [2.24, 2.45) is 0 Å². The van der Waals surface area contributed by atoms with Crippen LogP contribution in [-0.4, -0.2) is 25.3 Å². The van der Waals surface area contributed by atoms with Crippen LogP contribution in [0.3, 0.4) is 0 Å². The van der Waals surface area contributed by atoms with Crippen LogP contribution in [-0.2, 0) is 14.3 Å². The van der Waals surface area contributed by atoms with E-state index in [-0.39, 0.29) is 12.1 Å². The zero-order chi connectivity index (χ0) is 8.10. The molecule has 1 fully saturated rings. The van der Waals surface area contributed by atoms with E-state index in [1.165, 1.54) is 0 Å². The Bertz CT molecular complexity index is 127. The first kappa shape index (κ1) is 8.53. The van der Waals surface area contributed by atoms with Gasteiger partial charge in [0, 0.05) is 13.0 Å². The molecule has 0 amide bonds. The normalized spacial score (nSPS) is 23.5. The smallest absolute Gasteiger partial charge is 0.305 e. The number of hydrogen-bond donors (Lipinski definition) is 0. The number of esters is 1. The van der Waals surface area contributed by atoms with E-state index in [1.807, 2.05) is 0 Å². The van der Waals surface area contributed by atoms with Gasteiger partial charge in [-0.3, -0.25) is 4.79 Å². The highest BCUT2D eigenvalue weighted by atomic mass is 16.6. The van der Waals surface area contributed by atoms with Gasteiger partial charge in [-0.1, -0.05) is 6.92 Å². The minimum Gasteiger partial charge on any atom is -0.463 e. The molecule has 0 N–H and O–H groups in total. The molecule has 1 heterocycles. The number of rotatable bonds is 3. The van der Waals surface area contributed by atoms with E-state index >= 15 is 0 Å². The monoisotopic (exact) mass is 158 g/mol. The van der Waals surface area contributed by atoms with Crippen molar-refractivity contribution >= 4 is 5.97 Å². The van der Waals surface area contributed by atoms with Crippen molar-refractivity contribution in [1.29, 1.82) is 0 Å². The summed E-state index contributed by atoms with van der Waals surface area (Å²) in [6, 6.07) is 0. The highest BCUT2D eigenvalue weighted by molar-refractivity contribution is 5.68. The predicted molar refractivity (Wildman–Crippen MR) is 40.2 cm³/mol. The molecular formula is C8H14O3. The van der Waals surface area contributed by atoms with E-state index in [4.69, 9.17) is 9.47 Å². The van der Waals surface area contributed by atoms with Gasteiger partial charge in [-0.15, -0.1) is 0 Å². The topological polar surface area (TPSA) is 35.5 Å². The summed E-state index contributed by atoms with van der Waals surface area (Å²) < 4.78 is 10.2. The highest BCUT2D eigenvalue weighted by Gasteiger charge is 2.16. The molecule has 1 saturated heterocycles.